The van der Waals surface area contributed by atoms with Gasteiger partial charge in [0.05, 0.1) is 0 Å². The van der Waals surface area contributed by atoms with Crippen LogP contribution in [0, 0.1) is 5.92 Å². The lowest BCUT2D eigenvalue weighted by Gasteiger charge is -2.14. The molecule has 0 aromatic rings. The monoisotopic (exact) mass is 133 g/mol. The first kappa shape index (κ1) is 6.43. The molecule has 2 heteroatoms. The highest BCUT2D eigenvalue weighted by Crippen LogP contribution is 2.16. The van der Waals surface area contributed by atoms with Crippen molar-refractivity contribution in [3.63, 3.8) is 0 Å². The third-order valence-electron chi connectivity index (χ3n) is 1.55. The smallest absolute Gasteiger partial charge is 0.213 e. The lowest BCUT2D eigenvalue weighted by molar-refractivity contribution is 0.233. The maximum absolute atomic E-state index is 9.01. The number of rotatable bonds is 0. The molecule has 1 fully saturated rings. The molecule has 0 amide bonds. The Labute approximate surface area is 54.5 Å². The molecule has 0 aromatic heterocycles. The Balaban J connectivity index is 2.19. The number of aliphatic hydroxyl groups is 1. The molecule has 0 saturated carbocycles. The summed E-state index contributed by atoms with van der Waals surface area (Å²) in [5, 5.41) is 9.01. The molecule has 1 N–H and O–H groups in total. The molecular formula is C6H13OS+. The van der Waals surface area contributed by atoms with E-state index in [9.17, 15) is 0 Å². The van der Waals surface area contributed by atoms with Crippen molar-refractivity contribution < 1.29 is 5.11 Å². The molecule has 1 aliphatic rings. The van der Waals surface area contributed by atoms with E-state index < -0.39 is 0 Å². The average Bonchev–Trinajstić information content (AvgIpc) is 1.77. The van der Waals surface area contributed by atoms with E-state index in [1.54, 1.807) is 0 Å². The number of thiol groups is 1. The maximum atomic E-state index is 9.01. The van der Waals surface area contributed by atoms with Gasteiger partial charge in [0.25, 0.3) is 0 Å². The van der Waals surface area contributed by atoms with Gasteiger partial charge in [-0.25, -0.2) is 0 Å². The van der Waals surface area contributed by atoms with Crippen LogP contribution in [0.1, 0.15) is 19.8 Å². The minimum atomic E-state index is -0.00815. The molecule has 1 rings (SSSR count). The average molecular weight is 133 g/mol. The van der Waals surface area contributed by atoms with Crippen molar-refractivity contribution in [2.24, 2.45) is 5.92 Å². The van der Waals surface area contributed by atoms with Crippen molar-refractivity contribution in [1.82, 2.24) is 0 Å². The number of hydrogen-bond acceptors (Lipinski definition) is 1. The van der Waals surface area contributed by atoms with Crippen LogP contribution in [0.2, 0.25) is 0 Å². The van der Waals surface area contributed by atoms with Gasteiger partial charge in [0.1, 0.15) is 5.75 Å². The lowest BCUT2D eigenvalue weighted by atomic mass is 10.1. The molecular weight excluding hydrogens is 120 g/mol. The van der Waals surface area contributed by atoms with Crippen LogP contribution < -0.4 is 0 Å². The van der Waals surface area contributed by atoms with Crippen molar-refractivity contribution in [2.75, 3.05) is 5.75 Å². The number of aliphatic hydroxyl groups excluding tert-OH is 1. The standard InChI is InChI=1S/C6H12OS/c1-5-2-3-6(7)8-4-5/h5-7H,2-4H2,1H3/p+1. The molecule has 0 aliphatic carbocycles. The van der Waals surface area contributed by atoms with Crippen LogP contribution in [0.25, 0.3) is 0 Å². The van der Waals surface area contributed by atoms with Crippen LogP contribution in [0.5, 0.6) is 0 Å². The Bertz CT molecular complexity index is 56.9. The van der Waals surface area contributed by atoms with Crippen molar-refractivity contribution in [3.05, 3.63) is 0 Å². The van der Waals surface area contributed by atoms with Crippen molar-refractivity contribution in [3.8, 4) is 0 Å². The second kappa shape index (κ2) is 2.74. The third-order valence-corrected chi connectivity index (χ3v) is 3.06. The molecule has 2 unspecified atom stereocenters. The van der Waals surface area contributed by atoms with E-state index >= 15 is 0 Å². The Hall–Kier alpha value is 0.310. The Morgan fingerprint density at radius 2 is 2.25 bits per heavy atom. The van der Waals surface area contributed by atoms with Crippen LogP contribution in [0.15, 0.2) is 0 Å². The van der Waals surface area contributed by atoms with Gasteiger partial charge < -0.3 is 5.11 Å². The molecule has 0 spiro atoms. The Kier molecular flexibility index (Phi) is 2.20. The zero-order valence-electron chi connectivity index (χ0n) is 5.17. The molecule has 1 nitrogen and oxygen atoms in total. The quantitative estimate of drug-likeness (QED) is 0.378. The summed E-state index contributed by atoms with van der Waals surface area (Å²) >= 11 is 1.25. The molecule has 1 saturated heterocycles. The topological polar surface area (TPSA) is 20.2 Å². The summed E-state index contributed by atoms with van der Waals surface area (Å²) in [6.45, 7) is 2.25. The SMILES string of the molecule is CC1CCC(O)[SH+]C1. The second-order valence-electron chi connectivity index (χ2n) is 2.53. The predicted octanol–water partition coefficient (Wildman–Crippen LogP) is 0.550. The van der Waals surface area contributed by atoms with Gasteiger partial charge in [-0.3, -0.25) is 0 Å². The molecule has 0 aromatic carbocycles. The first-order valence-electron chi connectivity index (χ1n) is 3.13. The minimum Gasteiger partial charge on any atom is -0.350 e. The summed E-state index contributed by atoms with van der Waals surface area (Å²) in [6, 6.07) is 0. The van der Waals surface area contributed by atoms with Gasteiger partial charge in [0.15, 0.2) is 0 Å². The van der Waals surface area contributed by atoms with E-state index in [2.05, 4.69) is 6.92 Å². The van der Waals surface area contributed by atoms with E-state index in [0.717, 1.165) is 12.3 Å². The fraction of sp³-hybridized carbons (Fsp3) is 1.00. The van der Waals surface area contributed by atoms with Crippen LogP contribution in [0.3, 0.4) is 0 Å². The summed E-state index contributed by atoms with van der Waals surface area (Å²) in [6.07, 6.45) is 2.23. The van der Waals surface area contributed by atoms with E-state index in [-0.39, 0.29) is 5.44 Å². The van der Waals surface area contributed by atoms with Gasteiger partial charge in [-0.1, -0.05) is 6.92 Å². The molecule has 48 valence electrons. The lowest BCUT2D eigenvalue weighted by Crippen LogP contribution is -2.22. The molecule has 0 bridgehead atoms. The second-order valence-corrected chi connectivity index (χ2v) is 3.85. The predicted molar refractivity (Wildman–Crippen MR) is 38.0 cm³/mol. The summed E-state index contributed by atoms with van der Waals surface area (Å²) in [5.41, 5.74) is -0.00815. The fourth-order valence-electron chi connectivity index (χ4n) is 0.918. The highest BCUT2D eigenvalue weighted by atomic mass is 32.2. The largest absolute Gasteiger partial charge is 0.350 e. The zero-order valence-corrected chi connectivity index (χ0v) is 6.06. The first-order valence-corrected chi connectivity index (χ1v) is 4.28. The molecule has 1 aliphatic heterocycles. The summed E-state index contributed by atoms with van der Waals surface area (Å²) < 4.78 is 0. The normalized spacial score (nSPS) is 39.8. The molecule has 0 radical (unpaired) electrons. The Morgan fingerprint density at radius 1 is 1.50 bits per heavy atom. The van der Waals surface area contributed by atoms with E-state index in [1.165, 1.54) is 23.9 Å². The van der Waals surface area contributed by atoms with Gasteiger partial charge in [-0.2, -0.15) is 0 Å². The van der Waals surface area contributed by atoms with Gasteiger partial charge in [-0.15, -0.1) is 0 Å². The maximum Gasteiger partial charge on any atom is 0.213 e. The van der Waals surface area contributed by atoms with E-state index in [1.807, 2.05) is 0 Å². The van der Waals surface area contributed by atoms with Gasteiger partial charge >= 0.3 is 0 Å². The van der Waals surface area contributed by atoms with Crippen molar-refractivity contribution in [1.29, 1.82) is 0 Å². The van der Waals surface area contributed by atoms with Crippen LogP contribution in [-0.2, 0) is 11.8 Å². The van der Waals surface area contributed by atoms with Gasteiger partial charge in [-0.05, 0) is 6.42 Å². The van der Waals surface area contributed by atoms with Crippen molar-refractivity contribution in [2.45, 2.75) is 25.2 Å². The zero-order chi connectivity index (χ0) is 5.98. The summed E-state index contributed by atoms with van der Waals surface area (Å²) in [5.74, 6) is 2.04. The Morgan fingerprint density at radius 3 is 2.62 bits per heavy atom. The number of hydrogen-bond donors (Lipinski definition) is 1. The molecule has 2 atom stereocenters. The van der Waals surface area contributed by atoms with E-state index in [0.29, 0.717) is 0 Å². The van der Waals surface area contributed by atoms with Crippen LogP contribution in [-0.4, -0.2) is 16.3 Å². The van der Waals surface area contributed by atoms with Crippen molar-refractivity contribution >= 4 is 11.8 Å². The summed E-state index contributed by atoms with van der Waals surface area (Å²) in [4.78, 5) is 0. The van der Waals surface area contributed by atoms with Crippen LogP contribution >= 0.6 is 0 Å². The first-order chi connectivity index (χ1) is 3.79. The van der Waals surface area contributed by atoms with E-state index in [4.69, 9.17) is 5.11 Å². The van der Waals surface area contributed by atoms with Crippen LogP contribution in [0.4, 0.5) is 0 Å². The fourth-order valence-corrected chi connectivity index (χ4v) is 2.04. The highest BCUT2D eigenvalue weighted by molar-refractivity contribution is 7.79. The molecule has 1 heterocycles. The highest BCUT2D eigenvalue weighted by Gasteiger charge is 2.22. The minimum absolute atomic E-state index is 0.00815. The van der Waals surface area contributed by atoms with Gasteiger partial charge in [0, 0.05) is 24.1 Å². The molecule has 8 heavy (non-hydrogen) atoms. The third kappa shape index (κ3) is 1.67. The van der Waals surface area contributed by atoms with Gasteiger partial charge in [0.2, 0.25) is 5.44 Å². The summed E-state index contributed by atoms with van der Waals surface area (Å²) in [7, 11) is 0.